The van der Waals surface area contributed by atoms with Crippen molar-refractivity contribution in [2.75, 3.05) is 6.54 Å². The summed E-state index contributed by atoms with van der Waals surface area (Å²) < 4.78 is 0. The second kappa shape index (κ2) is 4.28. The van der Waals surface area contributed by atoms with Gasteiger partial charge in [-0.05, 0) is 0 Å². The first kappa shape index (κ1) is 10.1. The molecule has 1 aliphatic rings. The highest BCUT2D eigenvalue weighted by atomic mass is 16.6. The predicted molar refractivity (Wildman–Crippen MR) is 46.4 cm³/mol. The number of nitrogens with zero attached hydrogens (tertiary/aromatic N) is 1. The predicted octanol–water partition coefficient (Wildman–Crippen LogP) is -1.03. The smallest absolute Gasteiger partial charge is 0.353 e. The van der Waals surface area contributed by atoms with Crippen molar-refractivity contribution in [1.29, 1.82) is 0 Å². The number of carbonyl (C=O) groups excluding carboxylic acids is 1. The van der Waals surface area contributed by atoms with Gasteiger partial charge in [-0.2, -0.15) is 0 Å². The summed E-state index contributed by atoms with van der Waals surface area (Å²) in [5, 5.41) is 14.1. The van der Waals surface area contributed by atoms with Gasteiger partial charge in [-0.3, -0.25) is 4.79 Å². The van der Waals surface area contributed by atoms with E-state index in [1.165, 1.54) is 0 Å². The summed E-state index contributed by atoms with van der Waals surface area (Å²) in [5.41, 5.74) is -0.161. The number of rotatable bonds is 3. The minimum atomic E-state index is -1.18. The minimum Gasteiger partial charge on any atom is -0.477 e. The Balaban J connectivity index is 2.42. The number of oxime groups is 1. The zero-order chi connectivity index (χ0) is 10.6. The van der Waals surface area contributed by atoms with Crippen molar-refractivity contribution in [3.63, 3.8) is 0 Å². The molecular weight excluding hydrogens is 188 g/mol. The first-order valence-corrected chi connectivity index (χ1v) is 3.82. The third-order valence-corrected chi connectivity index (χ3v) is 1.57. The molecule has 1 heterocycles. The highest BCUT2D eigenvalue weighted by Gasteiger charge is 2.30. The van der Waals surface area contributed by atoms with Crippen molar-refractivity contribution >= 4 is 17.6 Å². The largest absolute Gasteiger partial charge is 0.477 e. The Morgan fingerprint density at radius 2 is 2.50 bits per heavy atom. The number of terminal acetylenes is 1. The monoisotopic (exact) mass is 196 g/mol. The van der Waals surface area contributed by atoms with Gasteiger partial charge in [0.25, 0.3) is 5.91 Å². The van der Waals surface area contributed by atoms with Gasteiger partial charge in [0.15, 0.2) is 5.71 Å². The summed E-state index contributed by atoms with van der Waals surface area (Å²) in [6.07, 6.45) is 4.01. The van der Waals surface area contributed by atoms with Crippen molar-refractivity contribution in [1.82, 2.24) is 5.32 Å². The summed E-state index contributed by atoms with van der Waals surface area (Å²) in [5.74, 6) is 0.576. The molecule has 1 amide bonds. The van der Waals surface area contributed by atoms with E-state index in [1.54, 1.807) is 0 Å². The fraction of sp³-hybridized carbons (Fsp3) is 0.375. The molecule has 0 spiro atoms. The third kappa shape index (κ3) is 2.23. The Hall–Kier alpha value is -2.03. The fourth-order valence-corrected chi connectivity index (χ4v) is 0.896. The second-order valence-electron chi connectivity index (χ2n) is 2.56. The van der Waals surface area contributed by atoms with Crippen molar-refractivity contribution < 1.29 is 19.5 Å². The third-order valence-electron chi connectivity index (χ3n) is 1.57. The summed E-state index contributed by atoms with van der Waals surface area (Å²) in [6, 6.07) is 0. The lowest BCUT2D eigenvalue weighted by Crippen LogP contribution is -2.35. The summed E-state index contributed by atoms with van der Waals surface area (Å²) in [6.45, 7) is 0.0844. The van der Waals surface area contributed by atoms with E-state index in [0.717, 1.165) is 0 Å². The van der Waals surface area contributed by atoms with Crippen LogP contribution in [0.2, 0.25) is 0 Å². The summed E-state index contributed by atoms with van der Waals surface area (Å²) >= 11 is 0. The molecule has 0 aromatic rings. The molecule has 1 aliphatic heterocycles. The molecule has 0 aromatic carbocycles. The molecule has 74 valence electrons. The van der Waals surface area contributed by atoms with Crippen LogP contribution in [0.4, 0.5) is 0 Å². The number of nitrogens with one attached hydrogen (secondary N) is 1. The first-order chi connectivity index (χ1) is 6.65. The highest BCUT2D eigenvalue weighted by molar-refractivity contribution is 6.36. The standard InChI is InChI=1S/C8H8N2O4/c1-2-3-9-7(11)6-4-5(8(12)13)10-14-6/h1,6H,3-4H2,(H,9,11)(H,12,13). The van der Waals surface area contributed by atoms with Gasteiger partial charge in [-0.15, -0.1) is 6.42 Å². The van der Waals surface area contributed by atoms with Gasteiger partial charge in [0.2, 0.25) is 6.10 Å². The van der Waals surface area contributed by atoms with E-state index < -0.39 is 18.0 Å². The SMILES string of the molecule is C#CCNC(=O)C1CC(C(=O)O)=NO1. The number of carboxylic acids is 1. The van der Waals surface area contributed by atoms with Gasteiger partial charge in [0, 0.05) is 6.42 Å². The molecule has 0 fully saturated rings. The van der Waals surface area contributed by atoms with Gasteiger partial charge in [-0.1, -0.05) is 11.1 Å². The van der Waals surface area contributed by atoms with Crippen molar-refractivity contribution in [2.45, 2.75) is 12.5 Å². The second-order valence-corrected chi connectivity index (χ2v) is 2.56. The van der Waals surface area contributed by atoms with Gasteiger partial charge >= 0.3 is 5.97 Å². The van der Waals surface area contributed by atoms with E-state index in [0.29, 0.717) is 0 Å². The van der Waals surface area contributed by atoms with Gasteiger partial charge in [0.05, 0.1) is 6.54 Å². The molecule has 0 aromatic heterocycles. The van der Waals surface area contributed by atoms with Gasteiger partial charge in [-0.25, -0.2) is 4.79 Å². The molecule has 0 bridgehead atoms. The molecule has 6 heteroatoms. The van der Waals surface area contributed by atoms with Crippen LogP contribution >= 0.6 is 0 Å². The topological polar surface area (TPSA) is 88.0 Å². The molecule has 0 saturated carbocycles. The van der Waals surface area contributed by atoms with Crippen LogP contribution in [0.15, 0.2) is 5.16 Å². The van der Waals surface area contributed by atoms with E-state index in [4.69, 9.17) is 11.5 Å². The normalized spacial score (nSPS) is 19.1. The maximum Gasteiger partial charge on any atom is 0.353 e. The number of carboxylic acid groups (broad SMARTS) is 1. The highest BCUT2D eigenvalue weighted by Crippen LogP contribution is 2.10. The van der Waals surface area contributed by atoms with Gasteiger partial charge < -0.3 is 15.3 Å². The lowest BCUT2D eigenvalue weighted by Gasteiger charge is -2.06. The number of aliphatic carboxylic acids is 1. The van der Waals surface area contributed by atoms with Crippen molar-refractivity contribution in [3.8, 4) is 12.3 Å². The Morgan fingerprint density at radius 3 is 3.00 bits per heavy atom. The molecule has 2 N–H and O–H groups in total. The van der Waals surface area contributed by atoms with Crippen molar-refractivity contribution in [2.24, 2.45) is 5.16 Å². The van der Waals surface area contributed by atoms with Crippen LogP contribution < -0.4 is 5.32 Å². The number of amides is 1. The van der Waals surface area contributed by atoms with E-state index in [9.17, 15) is 9.59 Å². The van der Waals surface area contributed by atoms with Crippen LogP contribution in [-0.2, 0) is 14.4 Å². The van der Waals surface area contributed by atoms with Crippen molar-refractivity contribution in [3.05, 3.63) is 0 Å². The Labute approximate surface area is 79.9 Å². The van der Waals surface area contributed by atoms with E-state index in [2.05, 4.69) is 21.2 Å². The molecule has 0 saturated heterocycles. The summed E-state index contributed by atoms with van der Waals surface area (Å²) in [7, 11) is 0. The zero-order valence-electron chi connectivity index (χ0n) is 7.19. The van der Waals surface area contributed by atoms with Crippen LogP contribution in [0.1, 0.15) is 6.42 Å². The maximum atomic E-state index is 11.2. The lowest BCUT2D eigenvalue weighted by molar-refractivity contribution is -0.131. The molecule has 1 unspecified atom stereocenters. The average Bonchev–Trinajstić information content (AvgIpc) is 2.62. The van der Waals surface area contributed by atoms with E-state index in [-0.39, 0.29) is 18.7 Å². The molecule has 6 nitrogen and oxygen atoms in total. The van der Waals surface area contributed by atoms with Crippen LogP contribution in [0.3, 0.4) is 0 Å². The number of hydrogen-bond donors (Lipinski definition) is 2. The van der Waals surface area contributed by atoms with Crippen LogP contribution in [0, 0.1) is 12.3 Å². The maximum absolute atomic E-state index is 11.2. The molecule has 1 rings (SSSR count). The molecule has 0 radical (unpaired) electrons. The molecule has 1 atom stereocenters. The Kier molecular flexibility index (Phi) is 3.07. The Bertz CT molecular complexity index is 329. The summed E-state index contributed by atoms with van der Waals surface area (Å²) in [4.78, 5) is 26.2. The van der Waals surface area contributed by atoms with Crippen LogP contribution in [0.25, 0.3) is 0 Å². The van der Waals surface area contributed by atoms with Gasteiger partial charge in [0.1, 0.15) is 0 Å². The zero-order valence-corrected chi connectivity index (χ0v) is 7.19. The quantitative estimate of drug-likeness (QED) is 0.564. The van der Waals surface area contributed by atoms with Crippen LogP contribution in [-0.4, -0.2) is 35.3 Å². The van der Waals surface area contributed by atoms with E-state index >= 15 is 0 Å². The minimum absolute atomic E-state index is 0.0360. The average molecular weight is 196 g/mol. The number of hydrogen-bond acceptors (Lipinski definition) is 4. The molecule has 0 aliphatic carbocycles. The molecule has 14 heavy (non-hydrogen) atoms. The van der Waals surface area contributed by atoms with E-state index in [1.807, 2.05) is 0 Å². The Morgan fingerprint density at radius 1 is 1.79 bits per heavy atom. The number of carbonyl (C=O) groups is 2. The lowest BCUT2D eigenvalue weighted by atomic mass is 10.2. The molecular formula is C8H8N2O4. The first-order valence-electron chi connectivity index (χ1n) is 3.82. The van der Waals surface area contributed by atoms with Crippen LogP contribution in [0.5, 0.6) is 0 Å². The fourth-order valence-electron chi connectivity index (χ4n) is 0.896.